The molecule has 0 unspecified atom stereocenters. The van der Waals surface area contributed by atoms with Crippen molar-refractivity contribution in [3.63, 3.8) is 0 Å². The van der Waals surface area contributed by atoms with Crippen LogP contribution in [0.25, 0.3) is 0 Å². The summed E-state index contributed by atoms with van der Waals surface area (Å²) in [6, 6.07) is 1.75. The third-order valence-corrected chi connectivity index (χ3v) is 4.21. The molecule has 64 valence electrons. The third-order valence-electron chi connectivity index (χ3n) is 1.37. The van der Waals surface area contributed by atoms with Gasteiger partial charge in [-0.3, -0.25) is 0 Å². The topological polar surface area (TPSA) is 0 Å². The van der Waals surface area contributed by atoms with Crippen LogP contribution in [0.2, 0.25) is 26.6 Å². The van der Waals surface area contributed by atoms with Gasteiger partial charge in [0.05, 0.1) is 29.6 Å². The summed E-state index contributed by atoms with van der Waals surface area (Å²) in [7, 11) is 0.559. The van der Waals surface area contributed by atoms with Gasteiger partial charge in [-0.05, 0) is 11.3 Å². The van der Waals surface area contributed by atoms with Crippen LogP contribution in [0.5, 0.6) is 0 Å². The number of halogens is 4. The Balaban J connectivity index is 3.39. The highest BCUT2D eigenvalue weighted by Gasteiger charge is 2.11. The molecule has 1 aromatic carbocycles. The Hall–Kier alpha value is 0.597. The van der Waals surface area contributed by atoms with Crippen LogP contribution in [0, 0.1) is 0 Å². The maximum absolute atomic E-state index is 5.90. The molecule has 2 radical (unpaired) electrons. The number of hydrogen-bond acceptors (Lipinski definition) is 0. The summed E-state index contributed by atoms with van der Waals surface area (Å²) in [6.07, 6.45) is 0. The van der Waals surface area contributed by atoms with Gasteiger partial charge in [0.2, 0.25) is 0 Å². The molecule has 0 saturated carbocycles. The molecule has 0 aromatic heterocycles. The molecule has 0 heterocycles. The van der Waals surface area contributed by atoms with Crippen LogP contribution >= 0.6 is 46.4 Å². The second-order valence-electron chi connectivity index (χ2n) is 2.10. The molecular formula is C7H4Cl4Si. The van der Waals surface area contributed by atoms with Crippen LogP contribution < -0.4 is 5.19 Å². The Morgan fingerprint density at radius 3 is 2.08 bits per heavy atom. The lowest BCUT2D eigenvalue weighted by atomic mass is 10.3. The molecule has 0 nitrogen and oxygen atoms in total. The molecule has 1 aromatic rings. The van der Waals surface area contributed by atoms with Crippen LogP contribution in [0.4, 0.5) is 0 Å². The van der Waals surface area contributed by atoms with Crippen molar-refractivity contribution in [3.8, 4) is 0 Å². The second kappa shape index (κ2) is 4.21. The van der Waals surface area contributed by atoms with Gasteiger partial charge in [0.15, 0.2) is 0 Å². The molecule has 0 bridgehead atoms. The van der Waals surface area contributed by atoms with E-state index in [1.807, 2.05) is 6.55 Å². The van der Waals surface area contributed by atoms with Crippen molar-refractivity contribution in [2.45, 2.75) is 6.55 Å². The van der Waals surface area contributed by atoms with Gasteiger partial charge in [0.1, 0.15) is 0 Å². The SMILES string of the molecule is C[Si]c1cc(Cl)c(Cl)c(Cl)c1Cl. The fourth-order valence-electron chi connectivity index (χ4n) is 0.755. The van der Waals surface area contributed by atoms with E-state index in [-0.39, 0.29) is 0 Å². The van der Waals surface area contributed by atoms with E-state index in [1.54, 1.807) is 6.07 Å². The Kier molecular flexibility index (Phi) is 3.74. The van der Waals surface area contributed by atoms with E-state index in [1.165, 1.54) is 0 Å². The maximum Gasteiger partial charge on any atom is 0.0795 e. The average molecular weight is 258 g/mol. The van der Waals surface area contributed by atoms with Gasteiger partial charge in [0.25, 0.3) is 0 Å². The normalized spacial score (nSPS) is 10.4. The van der Waals surface area contributed by atoms with E-state index in [0.717, 1.165) is 5.19 Å². The lowest BCUT2D eigenvalue weighted by Crippen LogP contribution is -2.12. The molecule has 1 rings (SSSR count). The van der Waals surface area contributed by atoms with Gasteiger partial charge in [-0.1, -0.05) is 53.0 Å². The molecule has 0 fully saturated rings. The molecule has 0 aliphatic heterocycles. The van der Waals surface area contributed by atoms with Crippen molar-refractivity contribution in [1.82, 2.24) is 0 Å². The number of hydrogen-bond donors (Lipinski definition) is 0. The Bertz CT molecular complexity index is 311. The van der Waals surface area contributed by atoms with Crippen LogP contribution in [0.1, 0.15) is 0 Å². The summed E-state index contributed by atoms with van der Waals surface area (Å²) in [4.78, 5) is 0. The number of rotatable bonds is 1. The van der Waals surface area contributed by atoms with Gasteiger partial charge >= 0.3 is 0 Å². The molecule has 0 atom stereocenters. The standard InChI is InChI=1S/C7H4Cl4Si/c1-12-4-2-3(8)5(9)7(11)6(4)10/h2H,1H3. The van der Waals surface area contributed by atoms with E-state index in [0.29, 0.717) is 29.6 Å². The predicted octanol–water partition coefficient (Wildman–Crippen LogP) is 3.68. The Morgan fingerprint density at radius 1 is 1.00 bits per heavy atom. The first-order valence-corrected chi connectivity index (χ1v) is 6.10. The summed E-state index contributed by atoms with van der Waals surface area (Å²) in [5.74, 6) is 0. The van der Waals surface area contributed by atoms with Gasteiger partial charge < -0.3 is 0 Å². The minimum Gasteiger partial charge on any atom is -0.0828 e. The van der Waals surface area contributed by atoms with Crippen molar-refractivity contribution in [1.29, 1.82) is 0 Å². The summed E-state index contributed by atoms with van der Waals surface area (Å²) in [5, 5.41) is 2.57. The molecule has 12 heavy (non-hydrogen) atoms. The Labute approximate surface area is 93.6 Å². The van der Waals surface area contributed by atoms with E-state index in [9.17, 15) is 0 Å². The third kappa shape index (κ3) is 1.91. The first-order chi connectivity index (χ1) is 5.57. The van der Waals surface area contributed by atoms with E-state index < -0.39 is 0 Å². The molecule has 0 N–H and O–H groups in total. The second-order valence-corrected chi connectivity index (χ2v) is 4.68. The van der Waals surface area contributed by atoms with Gasteiger partial charge in [-0.15, -0.1) is 0 Å². The van der Waals surface area contributed by atoms with E-state index in [2.05, 4.69) is 0 Å². The maximum atomic E-state index is 5.90. The fourth-order valence-corrected chi connectivity index (χ4v) is 2.64. The van der Waals surface area contributed by atoms with Crippen molar-refractivity contribution in [2.75, 3.05) is 0 Å². The minimum absolute atomic E-state index is 0.324. The zero-order chi connectivity index (χ0) is 9.30. The smallest absolute Gasteiger partial charge is 0.0795 e. The first kappa shape index (κ1) is 10.7. The lowest BCUT2D eigenvalue weighted by Gasteiger charge is -2.05. The summed E-state index contributed by atoms with van der Waals surface area (Å²) >= 11 is 23.3. The summed E-state index contributed by atoms with van der Waals surface area (Å²) < 4.78 is 0. The summed E-state index contributed by atoms with van der Waals surface area (Å²) in [6.45, 7) is 2.00. The first-order valence-electron chi connectivity index (χ1n) is 3.08. The average Bonchev–Trinajstić information content (AvgIpc) is 2.08. The summed E-state index contributed by atoms with van der Waals surface area (Å²) in [5.41, 5.74) is 0. The molecule has 0 saturated heterocycles. The van der Waals surface area contributed by atoms with Crippen LogP contribution in [0.3, 0.4) is 0 Å². The van der Waals surface area contributed by atoms with E-state index in [4.69, 9.17) is 46.4 Å². The minimum atomic E-state index is 0.324. The van der Waals surface area contributed by atoms with Crippen molar-refractivity contribution >= 4 is 61.1 Å². The zero-order valence-corrected chi connectivity index (χ0v) is 10.1. The molecule has 0 aliphatic carbocycles. The Morgan fingerprint density at radius 2 is 1.58 bits per heavy atom. The highest BCUT2D eigenvalue weighted by molar-refractivity contribution is 6.61. The van der Waals surface area contributed by atoms with Gasteiger partial charge in [-0.25, -0.2) is 0 Å². The predicted molar refractivity (Wildman–Crippen MR) is 57.7 cm³/mol. The zero-order valence-electron chi connectivity index (χ0n) is 6.09. The van der Waals surface area contributed by atoms with Gasteiger partial charge in [-0.2, -0.15) is 0 Å². The van der Waals surface area contributed by atoms with Gasteiger partial charge in [0, 0.05) is 0 Å². The highest BCUT2D eigenvalue weighted by atomic mass is 35.5. The monoisotopic (exact) mass is 256 g/mol. The van der Waals surface area contributed by atoms with Crippen LogP contribution in [0.15, 0.2) is 6.07 Å². The van der Waals surface area contributed by atoms with Crippen LogP contribution in [-0.2, 0) is 0 Å². The largest absolute Gasteiger partial charge is 0.0828 e. The molecule has 0 spiro atoms. The van der Waals surface area contributed by atoms with Crippen molar-refractivity contribution in [3.05, 3.63) is 26.2 Å². The molecule has 0 amide bonds. The lowest BCUT2D eigenvalue weighted by molar-refractivity contribution is 1.74. The molecule has 0 aliphatic rings. The van der Waals surface area contributed by atoms with Crippen molar-refractivity contribution in [2.24, 2.45) is 0 Å². The fraction of sp³-hybridized carbons (Fsp3) is 0.143. The quantitative estimate of drug-likeness (QED) is 0.409. The highest BCUT2D eigenvalue weighted by Crippen LogP contribution is 2.33. The van der Waals surface area contributed by atoms with E-state index >= 15 is 0 Å². The van der Waals surface area contributed by atoms with Crippen LogP contribution in [-0.4, -0.2) is 9.52 Å². The molecular weight excluding hydrogens is 254 g/mol. The molecule has 5 heteroatoms. The number of benzene rings is 1. The van der Waals surface area contributed by atoms with Crippen molar-refractivity contribution < 1.29 is 0 Å².